The fourth-order valence-corrected chi connectivity index (χ4v) is 2.04. The highest BCUT2D eigenvalue weighted by molar-refractivity contribution is 5.40. The molecule has 1 heterocycles. The summed E-state index contributed by atoms with van der Waals surface area (Å²) in [6.45, 7) is 2.47. The minimum atomic E-state index is -0.344. The Morgan fingerprint density at radius 2 is 2.15 bits per heavy atom. The first-order chi connectivity index (χ1) is 9.74. The van der Waals surface area contributed by atoms with Crippen LogP contribution >= 0.6 is 0 Å². The molecule has 2 aromatic rings. The molecule has 3 rings (SSSR count). The van der Waals surface area contributed by atoms with E-state index in [2.05, 4.69) is 10.3 Å². The van der Waals surface area contributed by atoms with E-state index in [4.69, 9.17) is 4.74 Å². The molecule has 0 amide bonds. The molecular formula is C16H17FN2O. The molecule has 0 unspecified atom stereocenters. The molecule has 20 heavy (non-hydrogen) atoms. The number of aryl methyl sites for hydroxylation is 1. The maximum atomic E-state index is 14.0. The van der Waals surface area contributed by atoms with E-state index >= 15 is 0 Å². The van der Waals surface area contributed by atoms with Crippen LogP contribution in [0.5, 0.6) is 11.5 Å². The van der Waals surface area contributed by atoms with E-state index < -0.39 is 0 Å². The molecule has 0 bridgehead atoms. The van der Waals surface area contributed by atoms with Crippen molar-refractivity contribution < 1.29 is 9.13 Å². The maximum absolute atomic E-state index is 14.0. The number of aromatic nitrogens is 1. The molecule has 0 aliphatic heterocycles. The fourth-order valence-electron chi connectivity index (χ4n) is 2.04. The number of hydrogen-bond donors (Lipinski definition) is 1. The number of rotatable bonds is 5. The topological polar surface area (TPSA) is 34.1 Å². The number of ether oxygens (including phenoxy) is 1. The van der Waals surface area contributed by atoms with E-state index in [1.165, 1.54) is 18.9 Å². The lowest BCUT2D eigenvalue weighted by atomic mass is 10.2. The van der Waals surface area contributed by atoms with Crippen LogP contribution in [0.15, 0.2) is 36.5 Å². The van der Waals surface area contributed by atoms with Crippen molar-refractivity contribution in [3.8, 4) is 11.5 Å². The standard InChI is InChI=1S/C16H17FN2O/c1-11-15(6-3-9-18-11)20-16-12(4-2-5-14(16)17)10-19-13-7-8-13/h2-6,9,13,19H,7-8,10H2,1H3. The zero-order chi connectivity index (χ0) is 13.9. The third-order valence-corrected chi connectivity index (χ3v) is 3.38. The zero-order valence-electron chi connectivity index (χ0n) is 11.4. The van der Waals surface area contributed by atoms with Gasteiger partial charge in [-0.1, -0.05) is 12.1 Å². The van der Waals surface area contributed by atoms with E-state index in [1.807, 2.05) is 13.0 Å². The lowest BCUT2D eigenvalue weighted by Crippen LogP contribution is -2.16. The number of para-hydroxylation sites is 1. The molecule has 1 aliphatic rings. The molecule has 0 atom stereocenters. The number of benzene rings is 1. The first kappa shape index (κ1) is 13.1. The van der Waals surface area contributed by atoms with E-state index in [9.17, 15) is 4.39 Å². The fraction of sp³-hybridized carbons (Fsp3) is 0.312. The minimum Gasteiger partial charge on any atom is -0.452 e. The van der Waals surface area contributed by atoms with Crippen LogP contribution in [0.1, 0.15) is 24.1 Å². The first-order valence-electron chi connectivity index (χ1n) is 6.84. The van der Waals surface area contributed by atoms with Crippen LogP contribution in [0.4, 0.5) is 4.39 Å². The van der Waals surface area contributed by atoms with Gasteiger partial charge < -0.3 is 10.1 Å². The predicted molar refractivity (Wildman–Crippen MR) is 75.3 cm³/mol. The Morgan fingerprint density at radius 1 is 1.30 bits per heavy atom. The van der Waals surface area contributed by atoms with Gasteiger partial charge in [0.2, 0.25) is 0 Å². The summed E-state index contributed by atoms with van der Waals surface area (Å²) in [4.78, 5) is 4.16. The average Bonchev–Trinajstić information content (AvgIpc) is 3.26. The Kier molecular flexibility index (Phi) is 3.65. The Bertz CT molecular complexity index is 611. The second kappa shape index (κ2) is 5.59. The molecule has 0 radical (unpaired) electrons. The highest BCUT2D eigenvalue weighted by Crippen LogP contribution is 2.30. The van der Waals surface area contributed by atoms with Crippen molar-refractivity contribution in [1.29, 1.82) is 0 Å². The van der Waals surface area contributed by atoms with Gasteiger partial charge in [0, 0.05) is 24.3 Å². The molecule has 1 aliphatic carbocycles. The van der Waals surface area contributed by atoms with E-state index in [0.717, 1.165) is 11.3 Å². The normalized spacial score (nSPS) is 14.3. The summed E-state index contributed by atoms with van der Waals surface area (Å²) in [6.07, 6.45) is 4.10. The number of hydrogen-bond acceptors (Lipinski definition) is 3. The summed E-state index contributed by atoms with van der Waals surface area (Å²) < 4.78 is 19.8. The molecule has 1 aromatic heterocycles. The van der Waals surface area contributed by atoms with Crippen molar-refractivity contribution in [3.63, 3.8) is 0 Å². The zero-order valence-corrected chi connectivity index (χ0v) is 11.4. The summed E-state index contributed by atoms with van der Waals surface area (Å²) in [5.41, 5.74) is 1.58. The Morgan fingerprint density at radius 3 is 2.90 bits per heavy atom. The number of nitrogens with one attached hydrogen (secondary N) is 1. The van der Waals surface area contributed by atoms with Crippen LogP contribution in [0.2, 0.25) is 0 Å². The van der Waals surface area contributed by atoms with Gasteiger partial charge in [0.1, 0.15) is 5.75 Å². The van der Waals surface area contributed by atoms with Crippen LogP contribution in [0.25, 0.3) is 0 Å². The molecule has 0 spiro atoms. The first-order valence-corrected chi connectivity index (χ1v) is 6.84. The molecule has 104 valence electrons. The van der Waals surface area contributed by atoms with Crippen LogP contribution in [-0.2, 0) is 6.54 Å². The van der Waals surface area contributed by atoms with Crippen LogP contribution in [0.3, 0.4) is 0 Å². The van der Waals surface area contributed by atoms with Gasteiger partial charge in [-0.05, 0) is 38.0 Å². The molecule has 0 saturated heterocycles. The second-order valence-corrected chi connectivity index (χ2v) is 5.07. The Hall–Kier alpha value is -1.94. The Balaban J connectivity index is 1.85. The van der Waals surface area contributed by atoms with E-state index in [-0.39, 0.29) is 11.6 Å². The SMILES string of the molecule is Cc1ncccc1Oc1c(F)cccc1CNC1CC1. The van der Waals surface area contributed by atoms with Gasteiger partial charge in [-0.15, -0.1) is 0 Å². The van der Waals surface area contributed by atoms with Crippen molar-refractivity contribution in [1.82, 2.24) is 10.3 Å². The number of halogens is 1. The van der Waals surface area contributed by atoms with Gasteiger partial charge >= 0.3 is 0 Å². The van der Waals surface area contributed by atoms with Crippen molar-refractivity contribution >= 4 is 0 Å². The summed E-state index contributed by atoms with van der Waals surface area (Å²) in [5, 5.41) is 3.38. The molecular weight excluding hydrogens is 255 g/mol. The average molecular weight is 272 g/mol. The van der Waals surface area contributed by atoms with Gasteiger partial charge in [0.15, 0.2) is 11.6 Å². The van der Waals surface area contributed by atoms with Crippen LogP contribution < -0.4 is 10.1 Å². The summed E-state index contributed by atoms with van der Waals surface area (Å²) in [6, 6.07) is 9.17. The van der Waals surface area contributed by atoms with Gasteiger partial charge in [-0.25, -0.2) is 4.39 Å². The van der Waals surface area contributed by atoms with E-state index in [1.54, 1.807) is 24.4 Å². The number of nitrogens with zero attached hydrogens (tertiary/aromatic N) is 1. The van der Waals surface area contributed by atoms with Gasteiger partial charge in [-0.2, -0.15) is 0 Å². The molecule has 1 aromatic carbocycles. The van der Waals surface area contributed by atoms with Crippen LogP contribution in [0, 0.1) is 12.7 Å². The Labute approximate surface area is 117 Å². The smallest absolute Gasteiger partial charge is 0.167 e. The molecule has 1 fully saturated rings. The summed E-state index contributed by atoms with van der Waals surface area (Å²) in [5.74, 6) is 0.533. The largest absolute Gasteiger partial charge is 0.452 e. The third-order valence-electron chi connectivity index (χ3n) is 3.38. The van der Waals surface area contributed by atoms with Crippen molar-refractivity contribution in [2.75, 3.05) is 0 Å². The van der Waals surface area contributed by atoms with Crippen LogP contribution in [-0.4, -0.2) is 11.0 Å². The second-order valence-electron chi connectivity index (χ2n) is 5.07. The van der Waals surface area contributed by atoms with Gasteiger partial charge in [0.25, 0.3) is 0 Å². The number of pyridine rings is 1. The molecule has 1 N–H and O–H groups in total. The summed E-state index contributed by atoms with van der Waals surface area (Å²) in [7, 11) is 0. The molecule has 3 nitrogen and oxygen atoms in total. The highest BCUT2D eigenvalue weighted by Gasteiger charge is 2.21. The molecule has 1 saturated carbocycles. The lowest BCUT2D eigenvalue weighted by molar-refractivity contribution is 0.429. The summed E-state index contributed by atoms with van der Waals surface area (Å²) >= 11 is 0. The monoisotopic (exact) mass is 272 g/mol. The highest BCUT2D eigenvalue weighted by atomic mass is 19.1. The molecule has 4 heteroatoms. The van der Waals surface area contributed by atoms with Gasteiger partial charge in [-0.3, -0.25) is 4.98 Å². The van der Waals surface area contributed by atoms with Gasteiger partial charge in [0.05, 0.1) is 5.69 Å². The van der Waals surface area contributed by atoms with Crippen molar-refractivity contribution in [2.45, 2.75) is 32.4 Å². The predicted octanol–water partition coefficient (Wildman–Crippen LogP) is 3.57. The quantitative estimate of drug-likeness (QED) is 0.903. The van der Waals surface area contributed by atoms with Crippen molar-refractivity contribution in [3.05, 3.63) is 53.6 Å². The van der Waals surface area contributed by atoms with E-state index in [0.29, 0.717) is 18.3 Å². The maximum Gasteiger partial charge on any atom is 0.167 e. The third kappa shape index (κ3) is 2.96. The lowest BCUT2D eigenvalue weighted by Gasteiger charge is -2.13. The van der Waals surface area contributed by atoms with Crippen molar-refractivity contribution in [2.24, 2.45) is 0 Å². The minimum absolute atomic E-state index is 0.289.